The first-order valence-electron chi connectivity index (χ1n) is 5.65. The lowest BCUT2D eigenvalue weighted by Crippen LogP contribution is -2.08. The molecule has 0 saturated heterocycles. The summed E-state index contributed by atoms with van der Waals surface area (Å²) in [5, 5.41) is 2.89. The quantitative estimate of drug-likeness (QED) is 0.861. The van der Waals surface area contributed by atoms with Gasteiger partial charge in [-0.15, -0.1) is 0 Å². The van der Waals surface area contributed by atoms with E-state index in [1.165, 1.54) is 6.33 Å². The number of nitrogens with two attached hydrogens (primary N) is 1. The van der Waals surface area contributed by atoms with E-state index in [1.54, 1.807) is 12.1 Å². The molecule has 6 heteroatoms. The van der Waals surface area contributed by atoms with Gasteiger partial charge in [0.2, 0.25) is 0 Å². The van der Waals surface area contributed by atoms with Gasteiger partial charge in [-0.05, 0) is 18.6 Å². The number of anilines is 2. The Morgan fingerprint density at radius 2 is 2.17 bits per heavy atom. The molecular weight excluding hydrogens is 233 g/mol. The van der Waals surface area contributed by atoms with Crippen LogP contribution in [0.3, 0.4) is 0 Å². The molecule has 2 rings (SSSR count). The van der Waals surface area contributed by atoms with Crippen molar-refractivity contribution in [2.24, 2.45) is 0 Å². The molecule has 18 heavy (non-hydrogen) atoms. The Balaban J connectivity index is 2.11. The number of nitrogens with one attached hydrogen (secondary N) is 1. The second kappa shape index (κ2) is 5.39. The number of hydrogen-bond donors (Lipinski definition) is 2. The predicted molar refractivity (Wildman–Crippen MR) is 67.3 cm³/mol. The van der Waals surface area contributed by atoms with E-state index in [2.05, 4.69) is 20.3 Å². The topological polar surface area (TPSA) is 76.7 Å². The molecule has 0 saturated carbocycles. The van der Waals surface area contributed by atoms with Gasteiger partial charge >= 0.3 is 0 Å². The molecule has 2 heterocycles. The van der Waals surface area contributed by atoms with E-state index in [0.717, 1.165) is 5.69 Å². The van der Waals surface area contributed by atoms with E-state index >= 15 is 0 Å². The first-order chi connectivity index (χ1) is 8.70. The van der Waals surface area contributed by atoms with Gasteiger partial charge in [0.1, 0.15) is 12.1 Å². The molecule has 0 spiro atoms. The van der Waals surface area contributed by atoms with Gasteiger partial charge in [0, 0.05) is 0 Å². The smallest absolute Gasteiger partial charge is 0.186 e. The zero-order valence-electron chi connectivity index (χ0n) is 10.0. The van der Waals surface area contributed by atoms with Crippen LogP contribution in [0.25, 0.3) is 0 Å². The summed E-state index contributed by atoms with van der Waals surface area (Å²) >= 11 is 0. The molecule has 0 radical (unpaired) electrons. The summed E-state index contributed by atoms with van der Waals surface area (Å²) in [6, 6.07) is 5.31. The van der Waals surface area contributed by atoms with Crippen LogP contribution >= 0.6 is 0 Å². The third-order valence-corrected chi connectivity index (χ3v) is 2.46. The highest BCUT2D eigenvalue weighted by Gasteiger charge is 2.09. The molecule has 0 aliphatic rings. The van der Waals surface area contributed by atoms with E-state index in [0.29, 0.717) is 24.5 Å². The van der Waals surface area contributed by atoms with Crippen molar-refractivity contribution < 1.29 is 4.39 Å². The number of rotatable bonds is 4. The maximum absolute atomic E-state index is 13.8. The zero-order chi connectivity index (χ0) is 13.0. The van der Waals surface area contributed by atoms with Crippen LogP contribution in [0.5, 0.6) is 0 Å². The van der Waals surface area contributed by atoms with Crippen LogP contribution in [-0.4, -0.2) is 15.0 Å². The van der Waals surface area contributed by atoms with Crippen molar-refractivity contribution in [1.29, 1.82) is 0 Å². The molecule has 0 bridgehead atoms. The van der Waals surface area contributed by atoms with Crippen molar-refractivity contribution in [3.05, 3.63) is 41.7 Å². The van der Waals surface area contributed by atoms with Crippen molar-refractivity contribution in [2.75, 3.05) is 11.1 Å². The number of halogens is 1. The number of aryl methyl sites for hydroxylation is 1. The summed E-state index contributed by atoms with van der Waals surface area (Å²) < 4.78 is 13.8. The molecular formula is C12H14FN5. The minimum atomic E-state index is -0.413. The lowest BCUT2D eigenvalue weighted by molar-refractivity contribution is 0.596. The highest BCUT2D eigenvalue weighted by atomic mass is 19.1. The standard InChI is InChI=1S/C12H14FN5/c1-2-9-11(13)12(17-7-16-9)15-6-8-4-3-5-10(14)18-8/h3-5,7H,2,6H2,1H3,(H2,14,18)(H,15,16,17). The number of pyridine rings is 1. The Labute approximate surface area is 104 Å². The lowest BCUT2D eigenvalue weighted by atomic mass is 10.3. The summed E-state index contributed by atoms with van der Waals surface area (Å²) in [6.45, 7) is 2.21. The monoisotopic (exact) mass is 247 g/mol. The van der Waals surface area contributed by atoms with Crippen molar-refractivity contribution >= 4 is 11.6 Å². The van der Waals surface area contributed by atoms with Crippen LogP contribution in [-0.2, 0) is 13.0 Å². The van der Waals surface area contributed by atoms with Crippen molar-refractivity contribution in [1.82, 2.24) is 15.0 Å². The molecule has 0 aliphatic carbocycles. The molecule has 2 aromatic rings. The molecule has 0 aromatic carbocycles. The lowest BCUT2D eigenvalue weighted by Gasteiger charge is -2.08. The van der Waals surface area contributed by atoms with Crippen molar-refractivity contribution in [3.63, 3.8) is 0 Å². The Morgan fingerprint density at radius 1 is 1.33 bits per heavy atom. The van der Waals surface area contributed by atoms with Crippen LogP contribution in [0, 0.1) is 5.82 Å². The molecule has 0 atom stereocenters. The fraction of sp³-hybridized carbons (Fsp3) is 0.250. The summed E-state index contributed by atoms with van der Waals surface area (Å²) in [5.74, 6) is 0.210. The first kappa shape index (κ1) is 12.2. The van der Waals surface area contributed by atoms with E-state index in [4.69, 9.17) is 5.73 Å². The van der Waals surface area contributed by atoms with E-state index < -0.39 is 5.82 Å². The Hall–Kier alpha value is -2.24. The second-order valence-electron chi connectivity index (χ2n) is 3.74. The van der Waals surface area contributed by atoms with Gasteiger partial charge < -0.3 is 11.1 Å². The van der Waals surface area contributed by atoms with Gasteiger partial charge in [-0.1, -0.05) is 13.0 Å². The molecule has 3 N–H and O–H groups in total. The van der Waals surface area contributed by atoms with Gasteiger partial charge in [-0.3, -0.25) is 0 Å². The van der Waals surface area contributed by atoms with E-state index in [1.807, 2.05) is 13.0 Å². The van der Waals surface area contributed by atoms with Crippen molar-refractivity contribution in [2.45, 2.75) is 19.9 Å². The third kappa shape index (κ3) is 2.71. The second-order valence-corrected chi connectivity index (χ2v) is 3.74. The predicted octanol–water partition coefficient (Wildman–Crippen LogP) is 1.77. The van der Waals surface area contributed by atoms with E-state index in [9.17, 15) is 4.39 Å². The molecule has 0 aliphatic heterocycles. The molecule has 94 valence electrons. The summed E-state index contributed by atoms with van der Waals surface area (Å²) in [5.41, 5.74) is 6.69. The Bertz CT molecular complexity index is 544. The summed E-state index contributed by atoms with van der Waals surface area (Å²) in [7, 11) is 0. The maximum atomic E-state index is 13.8. The van der Waals surface area contributed by atoms with Gasteiger partial charge in [-0.2, -0.15) is 0 Å². The molecule has 0 amide bonds. The normalized spacial score (nSPS) is 10.3. The number of nitrogens with zero attached hydrogens (tertiary/aromatic N) is 3. The van der Waals surface area contributed by atoms with Gasteiger partial charge in [-0.25, -0.2) is 19.3 Å². The highest BCUT2D eigenvalue weighted by molar-refractivity contribution is 5.38. The highest BCUT2D eigenvalue weighted by Crippen LogP contribution is 2.14. The SMILES string of the molecule is CCc1ncnc(NCc2cccc(N)n2)c1F. The Kier molecular flexibility index (Phi) is 3.66. The van der Waals surface area contributed by atoms with E-state index in [-0.39, 0.29) is 5.82 Å². The third-order valence-electron chi connectivity index (χ3n) is 2.46. The molecule has 0 fully saturated rings. The largest absolute Gasteiger partial charge is 0.384 e. The van der Waals surface area contributed by atoms with Gasteiger partial charge in [0.05, 0.1) is 17.9 Å². The summed E-state index contributed by atoms with van der Waals surface area (Å²) in [6.07, 6.45) is 1.87. The van der Waals surface area contributed by atoms with Crippen LogP contribution in [0.4, 0.5) is 16.0 Å². The average molecular weight is 247 g/mol. The number of aromatic nitrogens is 3. The fourth-order valence-corrected chi connectivity index (χ4v) is 1.55. The maximum Gasteiger partial charge on any atom is 0.186 e. The van der Waals surface area contributed by atoms with Gasteiger partial charge in [0.25, 0.3) is 0 Å². The minimum absolute atomic E-state index is 0.186. The van der Waals surface area contributed by atoms with Crippen LogP contribution in [0.15, 0.2) is 24.5 Å². The molecule has 5 nitrogen and oxygen atoms in total. The van der Waals surface area contributed by atoms with Crippen molar-refractivity contribution in [3.8, 4) is 0 Å². The summed E-state index contributed by atoms with van der Waals surface area (Å²) in [4.78, 5) is 11.8. The fourth-order valence-electron chi connectivity index (χ4n) is 1.55. The Morgan fingerprint density at radius 3 is 2.89 bits per heavy atom. The van der Waals surface area contributed by atoms with Gasteiger partial charge in [0.15, 0.2) is 11.6 Å². The molecule has 0 unspecified atom stereocenters. The molecule has 2 aromatic heterocycles. The van der Waals surface area contributed by atoms with Crippen LogP contribution < -0.4 is 11.1 Å². The average Bonchev–Trinajstić information content (AvgIpc) is 2.38. The minimum Gasteiger partial charge on any atom is -0.384 e. The van der Waals surface area contributed by atoms with Crippen LogP contribution in [0.1, 0.15) is 18.3 Å². The zero-order valence-corrected chi connectivity index (χ0v) is 10.0. The first-order valence-corrected chi connectivity index (χ1v) is 5.65. The number of hydrogen-bond acceptors (Lipinski definition) is 5. The van der Waals surface area contributed by atoms with Crippen LogP contribution in [0.2, 0.25) is 0 Å². The number of nitrogen functional groups attached to an aromatic ring is 1.